The van der Waals surface area contributed by atoms with Gasteiger partial charge in [0.15, 0.2) is 0 Å². The molecule has 476 valence electrons. The summed E-state index contributed by atoms with van der Waals surface area (Å²) in [5, 5.41) is 2.01. The van der Waals surface area contributed by atoms with Gasteiger partial charge < -0.3 is 0 Å². The number of para-hydroxylation sites is 2. The van der Waals surface area contributed by atoms with E-state index in [2.05, 4.69) is 335 Å². The van der Waals surface area contributed by atoms with Crippen LogP contribution in [0, 0.1) is 10.7 Å². The van der Waals surface area contributed by atoms with E-state index in [0.717, 1.165) is 64.7 Å². The van der Waals surface area contributed by atoms with Crippen LogP contribution in [0.3, 0.4) is 0 Å². The van der Waals surface area contributed by atoms with Crippen molar-refractivity contribution in [3.8, 4) is 84.3 Å². The van der Waals surface area contributed by atoms with Gasteiger partial charge in [-0.2, -0.15) is 0 Å². The molecule has 1 spiro atoms. The molecule has 0 unspecified atom stereocenters. The van der Waals surface area contributed by atoms with Gasteiger partial charge in [-0.15, -0.1) is 0 Å². The smallest absolute Gasteiger partial charge is 0.0619 e. The normalized spacial score (nSPS) is 14.0. The first-order valence-electron chi connectivity index (χ1n) is 35.1. The van der Waals surface area contributed by atoms with Gasteiger partial charge in [-0.1, -0.05) is 118 Å². The topological polar surface area (TPSA) is 36.9 Å². The molecule has 0 radical (unpaired) electrons. The molecule has 6 heteroatoms. The second-order valence-electron chi connectivity index (χ2n) is 30.6. The van der Waals surface area contributed by atoms with Crippen LogP contribution in [0.2, 0.25) is 0 Å². The summed E-state index contributed by atoms with van der Waals surface area (Å²) in [6.07, 6.45) is 1.76. The molecular formula is C90H80N4OPt. The van der Waals surface area contributed by atoms with Crippen molar-refractivity contribution in [1.29, 1.82) is 0 Å². The summed E-state index contributed by atoms with van der Waals surface area (Å²) in [6.45, 7) is 24.9. The molecule has 2 aliphatic rings. The Labute approximate surface area is 580 Å². The van der Waals surface area contributed by atoms with E-state index >= 15 is 0 Å². The van der Waals surface area contributed by atoms with E-state index in [1.165, 1.54) is 77.9 Å². The van der Waals surface area contributed by atoms with Crippen LogP contribution < -0.4 is 4.74 Å². The summed E-state index contributed by atoms with van der Waals surface area (Å²) < 4.78 is 42.7. The molecule has 14 aromatic rings. The van der Waals surface area contributed by atoms with Crippen LogP contribution in [0.4, 0.5) is 0 Å². The van der Waals surface area contributed by atoms with E-state index in [4.69, 9.17) is 13.8 Å². The standard InChI is InChI=1S/C90H80N4O.Pt/c1-56-44-84(91-54-75(56)58-38-40-60(41-39-58)86(2,3)4)94-82-51-66(42-43-70(82)74-52-73-69-32-19-22-35-78(69)90(79(73)53-83(74)94)76-33-20-17-30-67(76)68-31-18-21-34-77(68)90)95-65-29-25-28-64(50-65)92-55-93(81-37-24-23-36-80(81)92)85-71(57-26-15-14-16-27-57)48-63(89(11,12)13)49-72(85)59-45-61(87(5,6)7)47-62(46-59)88(8,9)10;/h14-54H,1-13H3;/i1D3;. The van der Waals surface area contributed by atoms with Crippen molar-refractivity contribution in [3.05, 3.63) is 303 Å². The maximum absolute atomic E-state index is 9.16. The summed E-state index contributed by atoms with van der Waals surface area (Å²) in [5.41, 5.74) is 25.9. The fourth-order valence-electron chi connectivity index (χ4n) is 15.2. The Bertz CT molecular complexity index is 5620. The van der Waals surface area contributed by atoms with Crippen molar-refractivity contribution in [1.82, 2.24) is 18.7 Å². The fraction of sp³-hybridized carbons (Fsp3) is 0.200. The molecule has 16 rings (SSSR count). The predicted molar refractivity (Wildman–Crippen MR) is 397 cm³/mol. The summed E-state index contributed by atoms with van der Waals surface area (Å²) in [5.74, 6) is 1.77. The van der Waals surface area contributed by atoms with Crippen molar-refractivity contribution in [2.45, 2.75) is 117 Å². The van der Waals surface area contributed by atoms with Gasteiger partial charge in [0.25, 0.3) is 0 Å². The number of nitrogens with zero attached hydrogens (tertiary/aromatic N) is 4. The van der Waals surface area contributed by atoms with Crippen LogP contribution in [-0.4, -0.2) is 18.7 Å². The molecule has 11 aromatic carbocycles. The molecule has 0 saturated carbocycles. The second kappa shape index (κ2) is 22.2. The SMILES string of the molecule is [2H]C([2H])([2H])c1cc(-n2c3cc(Oc4cccc(-n5[c](=[Pt])n(-c6c(-c7ccccc7)cc(C(C)(C)C)cc6-c6cc(C(C)(C)C)cc(C(C)(C)C)c6)c6ccccc65)c4)ccc3c3cc4c(cc32)C2(c3ccccc3-c3ccccc32)c2ccccc2-4)ncc1-c1ccc(C(C)(C)C)cc1. The van der Waals surface area contributed by atoms with Gasteiger partial charge >= 0.3 is 371 Å². The fourth-order valence-corrected chi connectivity index (χ4v) is 16.3. The van der Waals surface area contributed by atoms with Gasteiger partial charge in [0.05, 0.1) is 5.41 Å². The molecule has 2 aliphatic carbocycles. The van der Waals surface area contributed by atoms with Crippen molar-refractivity contribution in [2.75, 3.05) is 0 Å². The van der Waals surface area contributed by atoms with Gasteiger partial charge in [0, 0.05) is 15.9 Å². The van der Waals surface area contributed by atoms with Gasteiger partial charge in [0.2, 0.25) is 0 Å². The number of fused-ring (bicyclic) bond motifs is 14. The molecule has 96 heavy (non-hydrogen) atoms. The van der Waals surface area contributed by atoms with Crippen molar-refractivity contribution < 1.29 is 28.2 Å². The van der Waals surface area contributed by atoms with Crippen LogP contribution in [-0.2, 0) is 46.4 Å². The summed E-state index contributed by atoms with van der Waals surface area (Å²) in [7, 11) is 0. The Morgan fingerprint density at radius 3 is 1.49 bits per heavy atom. The third-order valence-electron chi connectivity index (χ3n) is 20.3. The van der Waals surface area contributed by atoms with Gasteiger partial charge in [-0.25, -0.2) is 0 Å². The molecule has 0 atom stereocenters. The summed E-state index contributed by atoms with van der Waals surface area (Å²) in [4.78, 5) is 5.31. The Balaban J connectivity index is 0.887. The Hall–Kier alpha value is -9.67. The van der Waals surface area contributed by atoms with Crippen LogP contribution in [0.15, 0.2) is 249 Å². The average molecular weight is 1430 g/mol. The molecule has 0 fully saturated rings. The summed E-state index contributed by atoms with van der Waals surface area (Å²) in [6, 6.07) is 87.9. The number of hydrogen-bond donors (Lipinski definition) is 0. The molecule has 5 nitrogen and oxygen atoms in total. The molecular weight excluding hydrogens is 1350 g/mol. The molecule has 0 aliphatic heterocycles. The Morgan fingerprint density at radius 1 is 0.365 bits per heavy atom. The number of aryl methyl sites for hydroxylation is 1. The number of benzene rings is 11. The quantitative estimate of drug-likeness (QED) is 0.152. The van der Waals surface area contributed by atoms with E-state index in [0.29, 0.717) is 22.9 Å². The van der Waals surface area contributed by atoms with Crippen LogP contribution in [0.5, 0.6) is 11.5 Å². The van der Waals surface area contributed by atoms with E-state index in [-0.39, 0.29) is 27.2 Å². The van der Waals surface area contributed by atoms with Crippen LogP contribution >= 0.6 is 0 Å². The van der Waals surface area contributed by atoms with Crippen molar-refractivity contribution in [3.63, 3.8) is 0 Å². The number of ether oxygens (including phenoxy) is 1. The number of aromatic nitrogens is 4. The number of hydrogen-bond acceptors (Lipinski definition) is 2. The Kier molecular flexibility index (Phi) is 13.4. The van der Waals surface area contributed by atoms with E-state index in [1.807, 2.05) is 18.2 Å². The minimum atomic E-state index is -2.47. The number of imidazole rings is 1. The van der Waals surface area contributed by atoms with Gasteiger partial charge in [0.1, 0.15) is 0 Å². The first-order valence-corrected chi connectivity index (χ1v) is 34.7. The zero-order valence-electron chi connectivity index (χ0n) is 59.7. The molecule has 0 amide bonds. The first kappa shape index (κ1) is 57.7. The zero-order valence-corrected chi connectivity index (χ0v) is 59.0. The molecule has 0 saturated heterocycles. The second-order valence-corrected chi connectivity index (χ2v) is 31.6. The predicted octanol–water partition coefficient (Wildman–Crippen LogP) is 23.6. The van der Waals surface area contributed by atoms with Crippen molar-refractivity contribution >= 4 is 32.8 Å². The molecule has 0 N–H and O–H groups in total. The monoisotopic (exact) mass is 1430 g/mol. The first-order chi connectivity index (χ1) is 47.2. The maximum atomic E-state index is 9.16. The van der Waals surface area contributed by atoms with Gasteiger partial charge in [-0.05, 0) is 73.5 Å². The molecule has 3 aromatic heterocycles. The molecule has 3 heterocycles. The minimum absolute atomic E-state index is 0.0757. The van der Waals surface area contributed by atoms with E-state index < -0.39 is 12.3 Å². The summed E-state index contributed by atoms with van der Waals surface area (Å²) >= 11 is 2.55. The van der Waals surface area contributed by atoms with Crippen LogP contribution in [0.1, 0.15) is 137 Å². The number of pyridine rings is 1. The van der Waals surface area contributed by atoms with Crippen LogP contribution in [0.25, 0.3) is 106 Å². The zero-order chi connectivity index (χ0) is 69.0. The van der Waals surface area contributed by atoms with Gasteiger partial charge in [-0.3, -0.25) is 0 Å². The third kappa shape index (κ3) is 9.81. The Morgan fingerprint density at radius 2 is 0.885 bits per heavy atom. The third-order valence-corrected chi connectivity index (χ3v) is 21.3. The van der Waals surface area contributed by atoms with Crippen molar-refractivity contribution in [2.24, 2.45) is 0 Å². The molecule has 0 bridgehead atoms. The number of rotatable bonds is 8. The van der Waals surface area contributed by atoms with E-state index in [1.54, 1.807) is 12.3 Å². The minimum Gasteiger partial charge on any atom is -0.0619 e. The average Bonchev–Trinajstić information content (AvgIpc) is 1.50. The van der Waals surface area contributed by atoms with E-state index in [9.17, 15) is 0 Å².